The van der Waals surface area contributed by atoms with E-state index in [0.29, 0.717) is 27.6 Å². The van der Waals surface area contributed by atoms with Gasteiger partial charge in [0, 0.05) is 10.6 Å². The third-order valence-electron chi connectivity index (χ3n) is 5.36. The number of aliphatic hydroxyl groups is 1. The fourth-order valence-corrected chi connectivity index (χ4v) is 4.80. The Balaban J connectivity index is 1.92. The second-order valence-corrected chi connectivity index (χ2v) is 8.77. The Hall–Kier alpha value is -3.69. The molecule has 3 aromatic rings. The molecule has 2 heterocycles. The molecule has 1 atom stereocenters. The van der Waals surface area contributed by atoms with Crippen LogP contribution in [0.25, 0.3) is 5.76 Å². The molecule has 174 valence electrons. The van der Waals surface area contributed by atoms with Crippen LogP contribution in [0.3, 0.4) is 0 Å². The van der Waals surface area contributed by atoms with Crippen molar-refractivity contribution >= 4 is 51.5 Å². The molecule has 1 aliphatic rings. The van der Waals surface area contributed by atoms with Gasteiger partial charge in [-0.2, -0.15) is 0 Å². The fourth-order valence-electron chi connectivity index (χ4n) is 3.66. The van der Waals surface area contributed by atoms with Gasteiger partial charge in [0.15, 0.2) is 5.13 Å². The molecule has 34 heavy (non-hydrogen) atoms. The van der Waals surface area contributed by atoms with Gasteiger partial charge in [-0.05, 0) is 48.9 Å². The zero-order chi connectivity index (χ0) is 24.6. The highest BCUT2D eigenvalue weighted by atomic mass is 35.5. The zero-order valence-electron chi connectivity index (χ0n) is 18.4. The number of hydrogen-bond donors (Lipinski definition) is 1. The van der Waals surface area contributed by atoms with E-state index < -0.39 is 23.7 Å². The summed E-state index contributed by atoms with van der Waals surface area (Å²) in [4.78, 5) is 44.3. The Morgan fingerprint density at radius 2 is 1.74 bits per heavy atom. The molecule has 0 saturated carbocycles. The van der Waals surface area contributed by atoms with Crippen molar-refractivity contribution in [2.45, 2.75) is 13.0 Å². The molecule has 1 amide bonds. The highest BCUT2D eigenvalue weighted by molar-refractivity contribution is 7.17. The van der Waals surface area contributed by atoms with Crippen molar-refractivity contribution in [1.29, 1.82) is 0 Å². The van der Waals surface area contributed by atoms with E-state index in [1.165, 1.54) is 19.1 Å². The molecule has 2 aromatic carbocycles. The maximum Gasteiger partial charge on any atom is 0.350 e. The van der Waals surface area contributed by atoms with Crippen LogP contribution in [-0.2, 0) is 14.3 Å². The lowest BCUT2D eigenvalue weighted by molar-refractivity contribution is -0.132. The van der Waals surface area contributed by atoms with Gasteiger partial charge in [-0.1, -0.05) is 35.1 Å². The SMILES string of the molecule is COC(=O)c1sc(N2C(=O)C(=O)C(=C(O)c3ccc(Cl)cc3)[C@@H]2c2ccc(OC)cc2)nc1C. The number of aromatic nitrogens is 1. The van der Waals surface area contributed by atoms with Crippen molar-refractivity contribution < 1.29 is 29.0 Å². The topological polar surface area (TPSA) is 106 Å². The average molecular weight is 499 g/mol. The number of hydrogen-bond acceptors (Lipinski definition) is 8. The molecule has 1 saturated heterocycles. The number of aryl methyl sites for hydroxylation is 1. The smallest absolute Gasteiger partial charge is 0.350 e. The summed E-state index contributed by atoms with van der Waals surface area (Å²) in [5, 5.41) is 11.7. The number of esters is 1. The lowest BCUT2D eigenvalue weighted by atomic mass is 9.95. The number of aliphatic hydroxyl groups excluding tert-OH is 1. The first-order valence-electron chi connectivity index (χ1n) is 10.0. The Morgan fingerprint density at radius 1 is 1.09 bits per heavy atom. The van der Waals surface area contributed by atoms with Gasteiger partial charge in [0.05, 0.1) is 31.5 Å². The largest absolute Gasteiger partial charge is 0.507 e. The highest BCUT2D eigenvalue weighted by Crippen LogP contribution is 2.44. The molecule has 0 bridgehead atoms. The van der Waals surface area contributed by atoms with Gasteiger partial charge in [-0.3, -0.25) is 14.5 Å². The zero-order valence-corrected chi connectivity index (χ0v) is 19.9. The molecule has 4 rings (SSSR count). The summed E-state index contributed by atoms with van der Waals surface area (Å²) in [6.07, 6.45) is 0. The van der Waals surface area contributed by atoms with E-state index in [0.717, 1.165) is 11.3 Å². The van der Waals surface area contributed by atoms with Crippen LogP contribution in [-0.4, -0.2) is 42.0 Å². The van der Waals surface area contributed by atoms with Gasteiger partial charge in [-0.15, -0.1) is 0 Å². The van der Waals surface area contributed by atoms with Gasteiger partial charge < -0.3 is 14.6 Å². The summed E-state index contributed by atoms with van der Waals surface area (Å²) in [5.41, 5.74) is 1.12. The molecule has 1 aliphatic heterocycles. The lowest BCUT2D eigenvalue weighted by Crippen LogP contribution is -2.29. The van der Waals surface area contributed by atoms with Crippen molar-refractivity contribution in [3.8, 4) is 5.75 Å². The van der Waals surface area contributed by atoms with E-state index in [1.54, 1.807) is 55.5 Å². The van der Waals surface area contributed by atoms with Crippen LogP contribution in [0, 0.1) is 6.92 Å². The normalized spacial score (nSPS) is 17.2. The predicted molar refractivity (Wildman–Crippen MR) is 127 cm³/mol. The molecule has 0 aliphatic carbocycles. The first-order valence-corrected chi connectivity index (χ1v) is 11.2. The van der Waals surface area contributed by atoms with Crippen molar-refractivity contribution in [3.05, 3.63) is 80.8 Å². The third-order valence-corrected chi connectivity index (χ3v) is 6.74. The number of nitrogens with zero attached hydrogens (tertiary/aromatic N) is 2. The number of carbonyl (C=O) groups is 3. The summed E-state index contributed by atoms with van der Waals surface area (Å²) < 4.78 is 10.0. The molecule has 0 unspecified atom stereocenters. The monoisotopic (exact) mass is 498 g/mol. The van der Waals surface area contributed by atoms with E-state index in [9.17, 15) is 19.5 Å². The standard InChI is InChI=1S/C24H19ClN2O6S/c1-12-21(23(31)33-3)34-24(26-12)27-18(13-6-10-16(32-2)11-7-13)17(20(29)22(27)30)19(28)14-4-8-15(25)9-5-14/h4-11,18,28H,1-3H3/t18-/m0/s1. The summed E-state index contributed by atoms with van der Waals surface area (Å²) in [6, 6.07) is 12.0. The number of anilines is 1. The average Bonchev–Trinajstić information content (AvgIpc) is 3.35. The van der Waals surface area contributed by atoms with E-state index >= 15 is 0 Å². The Labute approximate surface area is 204 Å². The molecule has 8 nitrogen and oxygen atoms in total. The van der Waals surface area contributed by atoms with E-state index in [2.05, 4.69) is 4.98 Å². The maximum absolute atomic E-state index is 13.2. The van der Waals surface area contributed by atoms with E-state index in [4.69, 9.17) is 21.1 Å². The summed E-state index contributed by atoms with van der Waals surface area (Å²) in [5.74, 6) is -2.11. The summed E-state index contributed by atoms with van der Waals surface area (Å²) in [7, 11) is 2.77. The van der Waals surface area contributed by atoms with Crippen molar-refractivity contribution in [1.82, 2.24) is 4.98 Å². The minimum absolute atomic E-state index is 0.107. The first kappa shape index (κ1) is 23.5. The number of methoxy groups -OCH3 is 2. The molecular formula is C24H19ClN2O6S. The van der Waals surface area contributed by atoms with Crippen molar-refractivity contribution in [2.24, 2.45) is 0 Å². The number of ketones is 1. The van der Waals surface area contributed by atoms with E-state index in [1.807, 2.05) is 0 Å². The van der Waals surface area contributed by atoms with Gasteiger partial charge in [-0.25, -0.2) is 9.78 Å². The van der Waals surface area contributed by atoms with Crippen LogP contribution in [0.5, 0.6) is 5.75 Å². The predicted octanol–water partition coefficient (Wildman–Crippen LogP) is 4.53. The van der Waals surface area contributed by atoms with Gasteiger partial charge >= 0.3 is 11.9 Å². The number of halogens is 1. The maximum atomic E-state index is 13.2. The first-order chi connectivity index (χ1) is 16.3. The molecular weight excluding hydrogens is 480 g/mol. The number of ether oxygens (including phenoxy) is 2. The second-order valence-electron chi connectivity index (χ2n) is 7.35. The van der Waals surface area contributed by atoms with Crippen molar-refractivity contribution in [3.63, 3.8) is 0 Å². The Kier molecular flexibility index (Phi) is 6.41. The molecule has 0 spiro atoms. The lowest BCUT2D eigenvalue weighted by Gasteiger charge is -2.23. The van der Waals surface area contributed by atoms with Crippen LogP contribution >= 0.6 is 22.9 Å². The number of Topliss-reactive ketones (excluding diaryl/α,β-unsaturated/α-hetero) is 1. The molecule has 10 heteroatoms. The van der Waals surface area contributed by atoms with Crippen molar-refractivity contribution in [2.75, 3.05) is 19.1 Å². The summed E-state index contributed by atoms with van der Waals surface area (Å²) >= 11 is 6.89. The second kappa shape index (κ2) is 9.28. The highest BCUT2D eigenvalue weighted by Gasteiger charge is 2.48. The molecule has 0 radical (unpaired) electrons. The van der Waals surface area contributed by atoms with Gasteiger partial charge in [0.25, 0.3) is 5.78 Å². The quantitative estimate of drug-likeness (QED) is 0.238. The molecule has 1 fully saturated rings. The van der Waals surface area contributed by atoms with Gasteiger partial charge in [0.2, 0.25) is 0 Å². The minimum atomic E-state index is -0.988. The van der Waals surface area contributed by atoms with Crippen LogP contribution < -0.4 is 9.64 Å². The van der Waals surface area contributed by atoms with Crippen LogP contribution in [0.15, 0.2) is 54.1 Å². The summed E-state index contributed by atoms with van der Waals surface area (Å²) in [6.45, 7) is 1.61. The number of carbonyl (C=O) groups excluding carboxylic acids is 3. The third kappa shape index (κ3) is 4.04. The Bertz CT molecular complexity index is 1310. The minimum Gasteiger partial charge on any atom is -0.507 e. The number of amides is 1. The Morgan fingerprint density at radius 3 is 2.32 bits per heavy atom. The van der Waals surface area contributed by atoms with Crippen LogP contribution in [0.2, 0.25) is 5.02 Å². The molecule has 1 N–H and O–H groups in total. The molecule has 1 aromatic heterocycles. The van der Waals surface area contributed by atoms with E-state index in [-0.39, 0.29) is 21.3 Å². The van der Waals surface area contributed by atoms with Crippen LogP contribution in [0.4, 0.5) is 5.13 Å². The fraction of sp³-hybridized carbons (Fsp3) is 0.167. The number of benzene rings is 2. The number of thiazole rings is 1. The van der Waals surface area contributed by atoms with Gasteiger partial charge in [0.1, 0.15) is 16.4 Å². The number of rotatable bonds is 5. The van der Waals surface area contributed by atoms with Crippen LogP contribution in [0.1, 0.15) is 32.5 Å².